The Balaban J connectivity index is 2.84. The summed E-state index contributed by atoms with van der Waals surface area (Å²) in [5.74, 6) is 0. The van der Waals surface area contributed by atoms with Gasteiger partial charge < -0.3 is 0 Å². The van der Waals surface area contributed by atoms with Gasteiger partial charge >= 0.3 is 0 Å². The van der Waals surface area contributed by atoms with Crippen molar-refractivity contribution in [1.29, 1.82) is 0 Å². The second-order valence-electron chi connectivity index (χ2n) is 2.66. The number of halogens is 1. The van der Waals surface area contributed by atoms with Crippen LogP contribution in [-0.2, 0) is 0 Å². The highest BCUT2D eigenvalue weighted by Gasteiger charge is 2.12. The molecule has 0 radical (unpaired) electrons. The second kappa shape index (κ2) is 3.77. The molecule has 0 aliphatic heterocycles. The third-order valence-corrected chi connectivity index (χ3v) is 2.41. The maximum atomic E-state index is 6.02. The van der Waals surface area contributed by atoms with Crippen molar-refractivity contribution in [3.63, 3.8) is 0 Å². The van der Waals surface area contributed by atoms with Gasteiger partial charge in [-0.25, -0.2) is 0 Å². The molecule has 0 nitrogen and oxygen atoms in total. The van der Waals surface area contributed by atoms with E-state index in [0.717, 1.165) is 6.42 Å². The molecule has 0 amide bonds. The van der Waals surface area contributed by atoms with Crippen molar-refractivity contribution >= 4 is 11.6 Å². The van der Waals surface area contributed by atoms with E-state index in [-0.39, 0.29) is 5.38 Å². The highest BCUT2D eigenvalue weighted by molar-refractivity contribution is 6.23. The minimum absolute atomic E-state index is 0.115. The summed E-state index contributed by atoms with van der Waals surface area (Å²) in [5.41, 5.74) is 2.66. The van der Waals surface area contributed by atoms with E-state index in [4.69, 9.17) is 11.6 Å². The third kappa shape index (κ3) is 1.97. The van der Waals surface area contributed by atoms with E-state index in [1.54, 1.807) is 0 Å². The van der Waals surface area contributed by atoms with Crippen molar-refractivity contribution in [2.24, 2.45) is 0 Å². The van der Waals surface area contributed by atoms with E-state index in [2.05, 4.69) is 25.2 Å². The molecule has 0 aromatic rings. The monoisotopic (exact) mass is 168 g/mol. The van der Waals surface area contributed by atoms with Gasteiger partial charge in [-0.05, 0) is 31.4 Å². The fraction of sp³-hybridized carbons (Fsp3) is 0.400. The van der Waals surface area contributed by atoms with Gasteiger partial charge in [0.15, 0.2) is 0 Å². The summed E-state index contributed by atoms with van der Waals surface area (Å²) in [4.78, 5) is 0. The Bertz CT molecular complexity index is 221. The van der Waals surface area contributed by atoms with Crippen LogP contribution in [0.5, 0.6) is 0 Å². The normalized spacial score (nSPS) is 31.7. The maximum absolute atomic E-state index is 6.02. The Labute approximate surface area is 73.3 Å². The van der Waals surface area contributed by atoms with Gasteiger partial charge in [-0.15, -0.1) is 11.6 Å². The molecule has 1 rings (SSSR count). The number of hydrogen-bond donors (Lipinski definition) is 0. The van der Waals surface area contributed by atoms with Crippen molar-refractivity contribution in [3.8, 4) is 0 Å². The second-order valence-corrected chi connectivity index (χ2v) is 3.14. The fourth-order valence-corrected chi connectivity index (χ4v) is 1.46. The average Bonchev–Trinajstić information content (AvgIpc) is 2.05. The molecule has 0 fully saturated rings. The van der Waals surface area contributed by atoms with Crippen LogP contribution in [0, 0.1) is 0 Å². The van der Waals surface area contributed by atoms with Crippen LogP contribution in [0.15, 0.2) is 35.5 Å². The van der Waals surface area contributed by atoms with Gasteiger partial charge in [0.2, 0.25) is 0 Å². The first-order valence-corrected chi connectivity index (χ1v) is 4.34. The predicted octanol–water partition coefficient (Wildman–Crippen LogP) is 3.45. The molecule has 0 bridgehead atoms. The summed E-state index contributed by atoms with van der Waals surface area (Å²) in [7, 11) is 0. The lowest BCUT2D eigenvalue weighted by Gasteiger charge is -2.16. The molecule has 0 aromatic heterocycles. The molecule has 60 valence electrons. The summed E-state index contributed by atoms with van der Waals surface area (Å²) in [6, 6.07) is 0. The molecular formula is C10H13Cl. The van der Waals surface area contributed by atoms with Crippen molar-refractivity contribution in [2.75, 3.05) is 0 Å². The first-order chi connectivity index (χ1) is 5.27. The van der Waals surface area contributed by atoms with Gasteiger partial charge in [0.25, 0.3) is 0 Å². The van der Waals surface area contributed by atoms with Crippen molar-refractivity contribution in [1.82, 2.24) is 0 Å². The summed E-state index contributed by atoms with van der Waals surface area (Å²) >= 11 is 6.02. The smallest absolute Gasteiger partial charge is 0.0732 e. The zero-order valence-corrected chi connectivity index (χ0v) is 7.73. The van der Waals surface area contributed by atoms with E-state index in [0.29, 0.717) is 0 Å². The minimum Gasteiger partial charge on any atom is -0.114 e. The van der Waals surface area contributed by atoms with Crippen molar-refractivity contribution in [2.45, 2.75) is 25.6 Å². The summed E-state index contributed by atoms with van der Waals surface area (Å²) in [6.45, 7) is 4.10. The van der Waals surface area contributed by atoms with E-state index in [1.165, 1.54) is 11.1 Å². The molecule has 0 N–H and O–H groups in total. The Hall–Kier alpha value is -0.490. The van der Waals surface area contributed by atoms with Gasteiger partial charge in [-0.2, -0.15) is 0 Å². The number of rotatable bonds is 0. The lowest BCUT2D eigenvalue weighted by molar-refractivity contribution is 1.03. The molecule has 0 spiro atoms. The van der Waals surface area contributed by atoms with E-state index >= 15 is 0 Å². The molecule has 1 unspecified atom stereocenters. The van der Waals surface area contributed by atoms with Gasteiger partial charge in [0.1, 0.15) is 0 Å². The largest absolute Gasteiger partial charge is 0.114 e. The standard InChI is InChI=1S/C10H13Cl/c1-3-8-5-6-10(11)9(4-2)7-8/h3-6,10H,7H2,1-2H3. The minimum atomic E-state index is 0.115. The topological polar surface area (TPSA) is 0 Å². The highest BCUT2D eigenvalue weighted by atomic mass is 35.5. The van der Waals surface area contributed by atoms with Crippen LogP contribution >= 0.6 is 11.6 Å². The fourth-order valence-electron chi connectivity index (χ4n) is 1.18. The van der Waals surface area contributed by atoms with Crippen LogP contribution in [-0.4, -0.2) is 5.38 Å². The first-order valence-electron chi connectivity index (χ1n) is 3.90. The lowest BCUT2D eigenvalue weighted by Crippen LogP contribution is -2.04. The first kappa shape index (κ1) is 8.61. The Kier molecular flexibility index (Phi) is 2.95. The lowest BCUT2D eigenvalue weighted by atomic mass is 9.96. The van der Waals surface area contributed by atoms with E-state index < -0.39 is 0 Å². The van der Waals surface area contributed by atoms with Crippen LogP contribution in [0.3, 0.4) is 0 Å². The molecule has 1 aliphatic carbocycles. The average molecular weight is 169 g/mol. The van der Waals surface area contributed by atoms with Crippen LogP contribution in [0.4, 0.5) is 0 Å². The molecule has 1 heteroatoms. The summed E-state index contributed by atoms with van der Waals surface area (Å²) < 4.78 is 0. The zero-order valence-electron chi connectivity index (χ0n) is 6.97. The Morgan fingerprint density at radius 3 is 2.73 bits per heavy atom. The van der Waals surface area contributed by atoms with Gasteiger partial charge in [0.05, 0.1) is 5.38 Å². The highest BCUT2D eigenvalue weighted by Crippen LogP contribution is 2.25. The molecule has 0 aromatic carbocycles. The molecule has 0 heterocycles. The van der Waals surface area contributed by atoms with Crippen LogP contribution in [0.25, 0.3) is 0 Å². The van der Waals surface area contributed by atoms with Crippen molar-refractivity contribution < 1.29 is 0 Å². The van der Waals surface area contributed by atoms with Crippen molar-refractivity contribution in [3.05, 3.63) is 35.5 Å². The van der Waals surface area contributed by atoms with Crippen LogP contribution in [0.1, 0.15) is 20.3 Å². The predicted molar refractivity (Wildman–Crippen MR) is 50.9 cm³/mol. The Morgan fingerprint density at radius 1 is 1.45 bits per heavy atom. The summed E-state index contributed by atoms with van der Waals surface area (Å²) in [6.07, 6.45) is 9.38. The molecule has 1 aliphatic rings. The number of allylic oxidation sites excluding steroid dienone is 6. The quantitative estimate of drug-likeness (QED) is 0.384. The molecule has 11 heavy (non-hydrogen) atoms. The van der Waals surface area contributed by atoms with Crippen LogP contribution in [0.2, 0.25) is 0 Å². The number of alkyl halides is 1. The van der Waals surface area contributed by atoms with Gasteiger partial charge in [0, 0.05) is 0 Å². The molecule has 0 saturated heterocycles. The molecule has 0 saturated carbocycles. The van der Waals surface area contributed by atoms with Gasteiger partial charge in [-0.1, -0.05) is 24.3 Å². The third-order valence-electron chi connectivity index (χ3n) is 1.98. The Morgan fingerprint density at radius 2 is 2.18 bits per heavy atom. The SMILES string of the molecule is CC=C1C=CC(Cl)C(=CC)C1. The van der Waals surface area contributed by atoms with E-state index in [1.807, 2.05) is 13.0 Å². The van der Waals surface area contributed by atoms with Crippen LogP contribution < -0.4 is 0 Å². The number of hydrogen-bond acceptors (Lipinski definition) is 0. The molecular weight excluding hydrogens is 156 g/mol. The molecule has 1 atom stereocenters. The van der Waals surface area contributed by atoms with Gasteiger partial charge in [-0.3, -0.25) is 0 Å². The van der Waals surface area contributed by atoms with E-state index in [9.17, 15) is 0 Å². The summed E-state index contributed by atoms with van der Waals surface area (Å²) in [5, 5.41) is 0.115. The maximum Gasteiger partial charge on any atom is 0.0732 e. The zero-order chi connectivity index (χ0) is 8.27.